The molecular weight excluding hydrogens is 255 g/mol. The van der Waals surface area contributed by atoms with E-state index < -0.39 is 0 Å². The highest BCUT2D eigenvalue weighted by molar-refractivity contribution is 6.30. The fourth-order valence-corrected chi connectivity index (χ4v) is 2.58. The molecule has 2 atom stereocenters. The van der Waals surface area contributed by atoms with Crippen LogP contribution in [0.25, 0.3) is 0 Å². The van der Waals surface area contributed by atoms with Gasteiger partial charge in [0.25, 0.3) is 0 Å². The van der Waals surface area contributed by atoms with Crippen LogP contribution >= 0.6 is 11.6 Å². The molecular formula is C13H18ClFN2O. The molecule has 0 spiro atoms. The molecule has 2 unspecified atom stereocenters. The van der Waals surface area contributed by atoms with Crippen molar-refractivity contribution >= 4 is 11.6 Å². The van der Waals surface area contributed by atoms with Crippen molar-refractivity contribution in [3.63, 3.8) is 0 Å². The van der Waals surface area contributed by atoms with E-state index >= 15 is 0 Å². The zero-order chi connectivity index (χ0) is 13.0. The maximum absolute atomic E-state index is 13.7. The fourth-order valence-electron chi connectivity index (χ4n) is 2.38. The second-order valence-electron chi connectivity index (χ2n) is 4.69. The molecule has 0 aromatic heterocycles. The first-order chi connectivity index (χ1) is 8.70. The van der Waals surface area contributed by atoms with E-state index in [1.54, 1.807) is 12.1 Å². The van der Waals surface area contributed by atoms with Crippen molar-refractivity contribution in [1.82, 2.24) is 5.43 Å². The van der Waals surface area contributed by atoms with Crippen molar-refractivity contribution in [1.29, 1.82) is 0 Å². The zero-order valence-corrected chi connectivity index (χ0v) is 10.9. The average molecular weight is 273 g/mol. The quantitative estimate of drug-likeness (QED) is 0.653. The summed E-state index contributed by atoms with van der Waals surface area (Å²) in [6.45, 7) is 1.48. The van der Waals surface area contributed by atoms with Crippen molar-refractivity contribution in [2.45, 2.75) is 25.3 Å². The Hall–Kier alpha value is -0.680. The van der Waals surface area contributed by atoms with E-state index in [4.69, 9.17) is 22.2 Å². The summed E-state index contributed by atoms with van der Waals surface area (Å²) in [4.78, 5) is 0. The SMILES string of the molecule is NNC(Cc1cc(Cl)ccc1F)C1CCCOC1. The highest BCUT2D eigenvalue weighted by atomic mass is 35.5. The molecule has 18 heavy (non-hydrogen) atoms. The summed E-state index contributed by atoms with van der Waals surface area (Å²) < 4.78 is 19.1. The lowest BCUT2D eigenvalue weighted by molar-refractivity contribution is 0.0392. The van der Waals surface area contributed by atoms with Gasteiger partial charge in [-0.2, -0.15) is 0 Å². The van der Waals surface area contributed by atoms with Gasteiger partial charge in [-0.3, -0.25) is 11.3 Å². The summed E-state index contributed by atoms with van der Waals surface area (Å²) in [6, 6.07) is 4.61. The maximum atomic E-state index is 13.7. The number of nitrogens with two attached hydrogens (primary N) is 1. The molecule has 0 amide bonds. The lowest BCUT2D eigenvalue weighted by atomic mass is 9.89. The Labute approximate surface area is 111 Å². The highest BCUT2D eigenvalue weighted by Crippen LogP contribution is 2.22. The molecule has 3 nitrogen and oxygen atoms in total. The molecule has 1 aliphatic heterocycles. The Kier molecular flexibility index (Phi) is 4.95. The second kappa shape index (κ2) is 6.48. The fraction of sp³-hybridized carbons (Fsp3) is 0.538. The summed E-state index contributed by atoms with van der Waals surface area (Å²) in [6.07, 6.45) is 2.61. The molecule has 0 aliphatic carbocycles. The molecule has 2 rings (SSSR count). The van der Waals surface area contributed by atoms with Gasteiger partial charge in [0.1, 0.15) is 5.82 Å². The predicted molar refractivity (Wildman–Crippen MR) is 69.8 cm³/mol. The predicted octanol–water partition coefficient (Wildman–Crippen LogP) is 2.28. The largest absolute Gasteiger partial charge is 0.381 e. The van der Waals surface area contributed by atoms with E-state index in [1.165, 1.54) is 6.07 Å². The van der Waals surface area contributed by atoms with Gasteiger partial charge in [-0.15, -0.1) is 0 Å². The van der Waals surface area contributed by atoms with E-state index in [0.717, 1.165) is 19.4 Å². The molecule has 1 aliphatic rings. The van der Waals surface area contributed by atoms with E-state index in [2.05, 4.69) is 5.43 Å². The first-order valence-corrected chi connectivity index (χ1v) is 6.56. The third-order valence-corrected chi connectivity index (χ3v) is 3.66. The number of benzene rings is 1. The standard InChI is InChI=1S/C13H18ClFN2O/c14-11-3-4-12(15)10(6-11)7-13(17-16)9-2-1-5-18-8-9/h3-4,6,9,13,17H,1-2,5,7-8,16H2. The van der Waals surface area contributed by atoms with Gasteiger partial charge < -0.3 is 4.74 Å². The topological polar surface area (TPSA) is 47.3 Å². The minimum atomic E-state index is -0.239. The van der Waals surface area contributed by atoms with Crippen LogP contribution in [0, 0.1) is 11.7 Å². The Balaban J connectivity index is 2.06. The van der Waals surface area contributed by atoms with Crippen LogP contribution in [0.5, 0.6) is 0 Å². The van der Waals surface area contributed by atoms with Crippen molar-refractivity contribution in [2.75, 3.05) is 13.2 Å². The van der Waals surface area contributed by atoms with Crippen LogP contribution in [-0.2, 0) is 11.2 Å². The van der Waals surface area contributed by atoms with Gasteiger partial charge in [0.2, 0.25) is 0 Å². The average Bonchev–Trinajstić information content (AvgIpc) is 2.41. The zero-order valence-electron chi connectivity index (χ0n) is 10.2. The minimum Gasteiger partial charge on any atom is -0.381 e. The number of hydrogen-bond donors (Lipinski definition) is 2. The van der Waals surface area contributed by atoms with E-state index in [0.29, 0.717) is 29.5 Å². The van der Waals surface area contributed by atoms with Gasteiger partial charge in [0, 0.05) is 17.7 Å². The van der Waals surface area contributed by atoms with E-state index in [9.17, 15) is 4.39 Å². The lowest BCUT2D eigenvalue weighted by Gasteiger charge is -2.29. The molecule has 100 valence electrons. The Morgan fingerprint density at radius 1 is 1.56 bits per heavy atom. The van der Waals surface area contributed by atoms with Crippen LogP contribution in [-0.4, -0.2) is 19.3 Å². The molecule has 3 N–H and O–H groups in total. The number of halogens is 2. The van der Waals surface area contributed by atoms with Crippen LogP contribution in [0.3, 0.4) is 0 Å². The number of hydrazine groups is 1. The number of hydrogen-bond acceptors (Lipinski definition) is 3. The smallest absolute Gasteiger partial charge is 0.126 e. The van der Waals surface area contributed by atoms with Gasteiger partial charge >= 0.3 is 0 Å². The summed E-state index contributed by atoms with van der Waals surface area (Å²) in [5, 5.41) is 0.544. The van der Waals surface area contributed by atoms with Gasteiger partial charge in [-0.25, -0.2) is 4.39 Å². The molecule has 1 saturated heterocycles. The summed E-state index contributed by atoms with van der Waals surface area (Å²) >= 11 is 5.89. The van der Waals surface area contributed by atoms with Crippen LogP contribution in [0.4, 0.5) is 4.39 Å². The van der Waals surface area contributed by atoms with Crippen LogP contribution in [0.15, 0.2) is 18.2 Å². The summed E-state index contributed by atoms with van der Waals surface area (Å²) in [5.74, 6) is 5.66. The summed E-state index contributed by atoms with van der Waals surface area (Å²) in [7, 11) is 0. The maximum Gasteiger partial charge on any atom is 0.126 e. The molecule has 1 aromatic carbocycles. The monoisotopic (exact) mass is 272 g/mol. The van der Waals surface area contributed by atoms with Crippen LogP contribution < -0.4 is 11.3 Å². The molecule has 1 heterocycles. The van der Waals surface area contributed by atoms with Crippen molar-refractivity contribution in [3.05, 3.63) is 34.6 Å². The van der Waals surface area contributed by atoms with Gasteiger partial charge in [0.05, 0.1) is 6.61 Å². The number of nitrogens with one attached hydrogen (secondary N) is 1. The van der Waals surface area contributed by atoms with Gasteiger partial charge in [-0.05, 0) is 48.9 Å². The van der Waals surface area contributed by atoms with Crippen LogP contribution in [0.1, 0.15) is 18.4 Å². The van der Waals surface area contributed by atoms with Crippen LogP contribution in [0.2, 0.25) is 5.02 Å². The molecule has 0 radical (unpaired) electrons. The highest BCUT2D eigenvalue weighted by Gasteiger charge is 2.24. The Bertz CT molecular complexity index is 397. The third kappa shape index (κ3) is 3.42. The number of rotatable bonds is 4. The van der Waals surface area contributed by atoms with E-state index in [1.807, 2.05) is 0 Å². The normalized spacial score (nSPS) is 21.8. The molecule has 1 fully saturated rings. The van der Waals surface area contributed by atoms with Gasteiger partial charge in [-0.1, -0.05) is 11.6 Å². The van der Waals surface area contributed by atoms with E-state index in [-0.39, 0.29) is 11.9 Å². The van der Waals surface area contributed by atoms with Crippen molar-refractivity contribution < 1.29 is 9.13 Å². The summed E-state index contributed by atoms with van der Waals surface area (Å²) in [5.41, 5.74) is 3.37. The molecule has 5 heteroatoms. The Morgan fingerprint density at radius 3 is 3.06 bits per heavy atom. The Morgan fingerprint density at radius 2 is 2.39 bits per heavy atom. The first-order valence-electron chi connectivity index (χ1n) is 6.18. The minimum absolute atomic E-state index is 0.0123. The third-order valence-electron chi connectivity index (χ3n) is 3.43. The van der Waals surface area contributed by atoms with Gasteiger partial charge in [0.15, 0.2) is 0 Å². The second-order valence-corrected chi connectivity index (χ2v) is 5.13. The molecule has 0 saturated carbocycles. The van der Waals surface area contributed by atoms with Crippen molar-refractivity contribution in [3.8, 4) is 0 Å². The molecule has 0 bridgehead atoms. The number of ether oxygens (including phenoxy) is 1. The molecule has 1 aromatic rings. The first kappa shape index (κ1) is 13.7. The lowest BCUT2D eigenvalue weighted by Crippen LogP contribution is -2.45. The van der Waals surface area contributed by atoms with Crippen molar-refractivity contribution in [2.24, 2.45) is 11.8 Å².